The van der Waals surface area contributed by atoms with E-state index in [0.717, 1.165) is 21.6 Å². The van der Waals surface area contributed by atoms with Crippen LogP contribution in [0.15, 0.2) is 48.5 Å². The third-order valence-electron chi connectivity index (χ3n) is 6.58. The summed E-state index contributed by atoms with van der Waals surface area (Å²) in [6.45, 7) is 0.300. The van der Waals surface area contributed by atoms with Crippen LogP contribution in [0.2, 0.25) is 0 Å². The zero-order valence-corrected chi connectivity index (χ0v) is 24.4. The van der Waals surface area contributed by atoms with Gasteiger partial charge in [-0.05, 0) is 33.7 Å². The number of benzene rings is 2. The average Bonchev–Trinajstić information content (AvgIpc) is 3.54. The molecule has 0 bridgehead atoms. The van der Waals surface area contributed by atoms with Crippen molar-refractivity contribution in [3.63, 3.8) is 0 Å². The van der Waals surface area contributed by atoms with E-state index in [0.29, 0.717) is 22.6 Å². The number of thioether (sulfide) groups is 2. The van der Waals surface area contributed by atoms with Crippen molar-refractivity contribution < 1.29 is 39.6 Å². The van der Waals surface area contributed by atoms with Gasteiger partial charge in [-0.15, -0.1) is 23.5 Å². The molecule has 0 amide bonds. The Morgan fingerprint density at radius 2 is 1.07 bits per heavy atom. The Morgan fingerprint density at radius 1 is 0.700 bits per heavy atom. The SMILES string of the molecule is O=C(CCN1C(C(=O)O)CSC1c1ccccc1O)SSC(=O)CCN1C(C(=O)O)CSC1c1ccccc1O. The Kier molecular flexibility index (Phi) is 10.7. The van der Waals surface area contributed by atoms with Gasteiger partial charge in [-0.3, -0.25) is 29.0 Å². The number of carboxylic acid groups (broad SMARTS) is 2. The van der Waals surface area contributed by atoms with Gasteiger partial charge < -0.3 is 20.4 Å². The van der Waals surface area contributed by atoms with Crippen molar-refractivity contribution in [3.05, 3.63) is 59.7 Å². The van der Waals surface area contributed by atoms with Gasteiger partial charge in [0, 0.05) is 48.6 Å². The molecule has 2 aromatic carbocycles. The molecule has 2 heterocycles. The van der Waals surface area contributed by atoms with Crippen LogP contribution < -0.4 is 0 Å². The molecule has 0 aromatic heterocycles. The molecule has 0 aliphatic carbocycles. The first kappa shape index (κ1) is 30.6. The third kappa shape index (κ3) is 7.28. The van der Waals surface area contributed by atoms with Gasteiger partial charge >= 0.3 is 11.9 Å². The van der Waals surface area contributed by atoms with Gasteiger partial charge in [0.2, 0.25) is 10.2 Å². The van der Waals surface area contributed by atoms with Gasteiger partial charge in [0.15, 0.2) is 0 Å². The molecule has 2 aliphatic heterocycles. The fraction of sp³-hybridized carbons (Fsp3) is 0.385. The second kappa shape index (κ2) is 14.0. The number of aromatic hydroxyl groups is 2. The number of aliphatic carboxylic acids is 2. The van der Waals surface area contributed by atoms with Crippen LogP contribution in [0.25, 0.3) is 0 Å². The predicted octanol–water partition coefficient (Wildman–Crippen LogP) is 4.01. The second-order valence-corrected chi connectivity index (χ2v) is 13.6. The molecule has 2 saturated heterocycles. The van der Waals surface area contributed by atoms with Crippen molar-refractivity contribution in [1.29, 1.82) is 0 Å². The highest BCUT2D eigenvalue weighted by molar-refractivity contribution is 8.87. The molecule has 10 nitrogen and oxygen atoms in total. The molecule has 214 valence electrons. The summed E-state index contributed by atoms with van der Waals surface area (Å²) in [7, 11) is 1.57. The number of hydrogen-bond acceptors (Lipinski definition) is 12. The van der Waals surface area contributed by atoms with Crippen LogP contribution >= 0.6 is 45.1 Å². The van der Waals surface area contributed by atoms with Crippen LogP contribution in [0.3, 0.4) is 0 Å². The van der Waals surface area contributed by atoms with E-state index in [9.17, 15) is 39.6 Å². The summed E-state index contributed by atoms with van der Waals surface area (Å²) in [4.78, 5) is 52.2. The number of rotatable bonds is 10. The maximum Gasteiger partial charge on any atom is 0.321 e. The van der Waals surface area contributed by atoms with E-state index < -0.39 is 34.8 Å². The first-order valence-electron chi connectivity index (χ1n) is 12.3. The Labute approximate surface area is 247 Å². The van der Waals surface area contributed by atoms with Crippen molar-refractivity contribution in [1.82, 2.24) is 9.80 Å². The van der Waals surface area contributed by atoms with Crippen molar-refractivity contribution in [2.24, 2.45) is 0 Å². The number of carbonyl (C=O) groups excluding carboxylic acids is 2. The molecular weight excluding hydrogens is 597 g/mol. The van der Waals surface area contributed by atoms with Crippen LogP contribution in [-0.2, 0) is 19.2 Å². The largest absolute Gasteiger partial charge is 0.508 e. The molecule has 4 N–H and O–H groups in total. The minimum absolute atomic E-state index is 0.0125. The predicted molar refractivity (Wildman–Crippen MR) is 157 cm³/mol. The van der Waals surface area contributed by atoms with Crippen molar-refractivity contribution >= 4 is 67.3 Å². The lowest BCUT2D eigenvalue weighted by atomic mass is 10.1. The maximum absolute atomic E-state index is 12.6. The van der Waals surface area contributed by atoms with E-state index in [2.05, 4.69) is 0 Å². The summed E-state index contributed by atoms with van der Waals surface area (Å²) >= 11 is 2.78. The highest BCUT2D eigenvalue weighted by atomic mass is 33.1. The zero-order chi connectivity index (χ0) is 28.8. The van der Waals surface area contributed by atoms with E-state index >= 15 is 0 Å². The normalized spacial score (nSPS) is 23.3. The van der Waals surface area contributed by atoms with E-state index in [1.54, 1.807) is 46.2 Å². The van der Waals surface area contributed by atoms with Crippen LogP contribution in [0, 0.1) is 0 Å². The number of carboxylic acids is 2. The molecule has 0 saturated carbocycles. The monoisotopic (exact) mass is 624 g/mol. The minimum Gasteiger partial charge on any atom is -0.508 e. The van der Waals surface area contributed by atoms with Crippen LogP contribution in [0.5, 0.6) is 11.5 Å². The first-order valence-corrected chi connectivity index (χ1v) is 16.6. The van der Waals surface area contributed by atoms with E-state index in [4.69, 9.17) is 0 Å². The molecule has 4 rings (SSSR count). The number of para-hydroxylation sites is 2. The Balaban J connectivity index is 1.30. The van der Waals surface area contributed by atoms with E-state index in [1.807, 2.05) is 0 Å². The molecule has 2 aromatic rings. The molecule has 14 heteroatoms. The Bertz CT molecular complexity index is 1170. The lowest BCUT2D eigenvalue weighted by molar-refractivity contribution is -0.143. The number of phenols is 2. The number of hydrogen-bond donors (Lipinski definition) is 4. The van der Waals surface area contributed by atoms with Crippen LogP contribution in [-0.4, -0.2) is 89.1 Å². The van der Waals surface area contributed by atoms with Crippen molar-refractivity contribution in [2.75, 3.05) is 24.6 Å². The molecule has 0 radical (unpaired) electrons. The van der Waals surface area contributed by atoms with Gasteiger partial charge in [-0.25, -0.2) is 0 Å². The van der Waals surface area contributed by atoms with Crippen molar-refractivity contribution in [2.45, 2.75) is 35.7 Å². The summed E-state index contributed by atoms with van der Waals surface area (Å²) < 4.78 is 0. The first-order chi connectivity index (χ1) is 19.2. The number of carbonyl (C=O) groups is 4. The maximum atomic E-state index is 12.6. The summed E-state index contributed by atoms with van der Waals surface area (Å²) in [5.41, 5.74) is 1.17. The van der Waals surface area contributed by atoms with Crippen LogP contribution in [0.4, 0.5) is 0 Å². The summed E-state index contributed by atoms with van der Waals surface area (Å²) in [6.07, 6.45) is 0.0250. The quantitative estimate of drug-likeness (QED) is 0.281. The highest BCUT2D eigenvalue weighted by Gasteiger charge is 2.41. The molecule has 40 heavy (non-hydrogen) atoms. The fourth-order valence-electron chi connectivity index (χ4n) is 4.59. The lowest BCUT2D eigenvalue weighted by Crippen LogP contribution is -2.40. The fourth-order valence-corrected chi connectivity index (χ4v) is 9.23. The summed E-state index contributed by atoms with van der Waals surface area (Å²) in [5, 5.41) is 38.4. The molecule has 4 unspecified atom stereocenters. The zero-order valence-electron chi connectivity index (χ0n) is 21.1. The molecule has 4 atom stereocenters. The van der Waals surface area contributed by atoms with Crippen molar-refractivity contribution in [3.8, 4) is 11.5 Å². The van der Waals surface area contributed by atoms with Gasteiger partial charge in [0.1, 0.15) is 23.6 Å². The van der Waals surface area contributed by atoms with Gasteiger partial charge in [-0.1, -0.05) is 36.4 Å². The molecule has 2 aliphatic rings. The number of phenolic OH excluding ortho intramolecular Hbond substituents is 2. The third-order valence-corrected chi connectivity index (χ3v) is 11.5. The summed E-state index contributed by atoms with van der Waals surface area (Å²) in [6, 6.07) is 11.8. The molecular formula is C26H28N2O8S4. The van der Waals surface area contributed by atoms with E-state index in [-0.39, 0.29) is 47.7 Å². The van der Waals surface area contributed by atoms with Crippen LogP contribution in [0.1, 0.15) is 34.7 Å². The Hall–Kier alpha value is -2.36. The highest BCUT2D eigenvalue weighted by Crippen LogP contribution is 2.46. The number of nitrogens with zero attached hydrogens (tertiary/aromatic N) is 2. The minimum atomic E-state index is -1.00. The lowest BCUT2D eigenvalue weighted by Gasteiger charge is -2.27. The van der Waals surface area contributed by atoms with Gasteiger partial charge in [0.05, 0.1) is 10.7 Å². The van der Waals surface area contributed by atoms with Gasteiger partial charge in [0.25, 0.3) is 0 Å². The molecule has 0 spiro atoms. The summed E-state index contributed by atoms with van der Waals surface area (Å²) in [5.74, 6) is -1.25. The van der Waals surface area contributed by atoms with Gasteiger partial charge in [-0.2, -0.15) is 0 Å². The molecule has 2 fully saturated rings. The Morgan fingerprint density at radius 3 is 1.43 bits per heavy atom. The smallest absolute Gasteiger partial charge is 0.321 e. The topological polar surface area (TPSA) is 156 Å². The average molecular weight is 625 g/mol. The second-order valence-electron chi connectivity index (χ2n) is 9.08. The standard InChI is InChI=1S/C26H28N2O8S4/c29-19-7-3-1-5-15(19)23-27(17(13-37-23)25(33)34)11-9-21(31)39-40-22(32)10-12-28-18(26(35)36)14-38-24(28)16-6-2-4-8-20(16)30/h1-8,17-18,23-24,29-30H,9-14H2,(H,33,34)(H,35,36). The van der Waals surface area contributed by atoms with E-state index in [1.165, 1.54) is 35.7 Å².